The van der Waals surface area contributed by atoms with Crippen molar-refractivity contribution in [1.82, 2.24) is 0 Å². The summed E-state index contributed by atoms with van der Waals surface area (Å²) < 4.78 is 11.4. The fourth-order valence-electron chi connectivity index (χ4n) is 3.17. The highest BCUT2D eigenvalue weighted by atomic mass is 16.5. The molecule has 0 bridgehead atoms. The van der Waals surface area contributed by atoms with Crippen LogP contribution in [0.2, 0.25) is 0 Å². The van der Waals surface area contributed by atoms with Crippen LogP contribution < -0.4 is 14.8 Å². The molecule has 0 spiro atoms. The van der Waals surface area contributed by atoms with E-state index in [0.29, 0.717) is 12.3 Å². The van der Waals surface area contributed by atoms with Crippen LogP contribution in [-0.2, 0) is 17.6 Å². The summed E-state index contributed by atoms with van der Waals surface area (Å²) in [5, 5.41) is 2.90. The van der Waals surface area contributed by atoms with Crippen LogP contribution in [0.4, 0.5) is 5.69 Å². The number of carbonyl (C=O) groups excluding carboxylic acids is 1. The molecule has 132 valence electrons. The van der Waals surface area contributed by atoms with Gasteiger partial charge in [0, 0.05) is 11.8 Å². The first-order chi connectivity index (χ1) is 12.2. The molecule has 4 heteroatoms. The lowest BCUT2D eigenvalue weighted by Crippen LogP contribution is -2.30. The number of rotatable bonds is 6. The Morgan fingerprint density at radius 2 is 1.96 bits per heavy atom. The summed E-state index contributed by atoms with van der Waals surface area (Å²) in [4.78, 5) is 12.5. The van der Waals surface area contributed by atoms with Crippen LogP contribution in [0.15, 0.2) is 42.5 Å². The Labute approximate surface area is 149 Å². The van der Waals surface area contributed by atoms with Gasteiger partial charge in [0.2, 0.25) is 0 Å². The molecule has 3 rings (SSSR count). The monoisotopic (exact) mass is 339 g/mol. The molecule has 0 saturated carbocycles. The molecule has 1 aliphatic carbocycles. The summed E-state index contributed by atoms with van der Waals surface area (Å²) in [5.74, 6) is 1.41. The number of nitrogens with one attached hydrogen (secondary N) is 1. The molecule has 1 amide bonds. The minimum absolute atomic E-state index is 0.165. The van der Waals surface area contributed by atoms with E-state index in [4.69, 9.17) is 9.47 Å². The maximum atomic E-state index is 12.5. The fraction of sp³-hybridized carbons (Fsp3) is 0.381. The number of anilines is 1. The quantitative estimate of drug-likeness (QED) is 0.850. The second-order valence-corrected chi connectivity index (χ2v) is 6.31. The van der Waals surface area contributed by atoms with Crippen LogP contribution in [-0.4, -0.2) is 18.6 Å². The molecule has 4 nitrogen and oxygen atoms in total. The van der Waals surface area contributed by atoms with Crippen molar-refractivity contribution in [3.8, 4) is 11.5 Å². The molecule has 2 aromatic carbocycles. The van der Waals surface area contributed by atoms with Crippen molar-refractivity contribution in [3.63, 3.8) is 0 Å². The van der Waals surface area contributed by atoms with Gasteiger partial charge in [-0.05, 0) is 68.9 Å². The van der Waals surface area contributed by atoms with Crippen molar-refractivity contribution >= 4 is 11.6 Å². The van der Waals surface area contributed by atoms with Gasteiger partial charge in [-0.3, -0.25) is 4.79 Å². The lowest BCUT2D eigenvalue weighted by atomic mass is 9.91. The summed E-state index contributed by atoms with van der Waals surface area (Å²) >= 11 is 0. The highest BCUT2D eigenvalue weighted by Crippen LogP contribution is 2.30. The summed E-state index contributed by atoms with van der Waals surface area (Å²) in [7, 11) is 0. The fourth-order valence-corrected chi connectivity index (χ4v) is 3.17. The van der Waals surface area contributed by atoms with Gasteiger partial charge in [0.25, 0.3) is 5.91 Å². The summed E-state index contributed by atoms with van der Waals surface area (Å²) in [6.45, 7) is 4.31. The summed E-state index contributed by atoms with van der Waals surface area (Å²) in [6.07, 6.45) is 3.96. The van der Waals surface area contributed by atoms with Crippen molar-refractivity contribution in [1.29, 1.82) is 0 Å². The first kappa shape index (κ1) is 17.3. The Kier molecular flexibility index (Phi) is 5.59. The van der Waals surface area contributed by atoms with Gasteiger partial charge in [0.05, 0.1) is 6.61 Å². The molecular formula is C21H25NO3. The average Bonchev–Trinajstić information content (AvgIpc) is 2.62. The Morgan fingerprint density at radius 3 is 2.80 bits per heavy atom. The van der Waals surface area contributed by atoms with E-state index in [1.165, 1.54) is 24.0 Å². The molecule has 1 aliphatic rings. The highest BCUT2D eigenvalue weighted by molar-refractivity contribution is 5.94. The molecular weight excluding hydrogens is 314 g/mol. The van der Waals surface area contributed by atoms with Gasteiger partial charge in [-0.1, -0.05) is 18.2 Å². The summed E-state index contributed by atoms with van der Waals surface area (Å²) in [6, 6.07) is 13.5. The number of aryl methyl sites for hydroxylation is 1. The molecule has 0 saturated heterocycles. The number of fused-ring (bicyclic) bond motifs is 1. The first-order valence-corrected chi connectivity index (χ1v) is 8.98. The van der Waals surface area contributed by atoms with Gasteiger partial charge in [-0.25, -0.2) is 0 Å². The predicted molar refractivity (Wildman–Crippen MR) is 99.4 cm³/mol. The van der Waals surface area contributed by atoms with Gasteiger partial charge in [-0.15, -0.1) is 0 Å². The number of hydrogen-bond donors (Lipinski definition) is 1. The topological polar surface area (TPSA) is 47.6 Å². The zero-order valence-corrected chi connectivity index (χ0v) is 14.9. The lowest BCUT2D eigenvalue weighted by molar-refractivity contribution is -0.122. The molecule has 2 aromatic rings. The van der Waals surface area contributed by atoms with E-state index in [1.807, 2.05) is 43.3 Å². The number of ether oxygens (including phenoxy) is 2. The number of benzene rings is 2. The van der Waals surface area contributed by atoms with E-state index in [9.17, 15) is 4.79 Å². The molecule has 1 atom stereocenters. The molecule has 0 aliphatic heterocycles. The molecule has 1 N–H and O–H groups in total. The summed E-state index contributed by atoms with van der Waals surface area (Å²) in [5.41, 5.74) is 3.31. The number of carbonyl (C=O) groups is 1. The SMILES string of the molecule is CCOc1cccc(NC(=O)[C@H](C)Oc2cccc3c2CCCC3)c1. The molecule has 25 heavy (non-hydrogen) atoms. The molecule has 0 heterocycles. The van der Waals surface area contributed by atoms with E-state index in [2.05, 4.69) is 11.4 Å². The van der Waals surface area contributed by atoms with E-state index in [0.717, 1.165) is 24.3 Å². The van der Waals surface area contributed by atoms with Gasteiger partial charge < -0.3 is 14.8 Å². The Bertz CT molecular complexity index is 742. The van der Waals surface area contributed by atoms with Crippen molar-refractivity contribution in [2.45, 2.75) is 45.6 Å². The zero-order valence-electron chi connectivity index (χ0n) is 14.9. The lowest BCUT2D eigenvalue weighted by Gasteiger charge is -2.22. The molecule has 0 radical (unpaired) electrons. The van der Waals surface area contributed by atoms with Crippen molar-refractivity contribution < 1.29 is 14.3 Å². The van der Waals surface area contributed by atoms with Crippen LogP contribution in [0.25, 0.3) is 0 Å². The number of hydrogen-bond acceptors (Lipinski definition) is 3. The van der Waals surface area contributed by atoms with Crippen molar-refractivity contribution in [2.24, 2.45) is 0 Å². The van der Waals surface area contributed by atoms with Crippen LogP contribution in [0, 0.1) is 0 Å². The van der Waals surface area contributed by atoms with E-state index in [-0.39, 0.29) is 5.91 Å². The van der Waals surface area contributed by atoms with Gasteiger partial charge in [0.1, 0.15) is 11.5 Å². The second kappa shape index (κ2) is 8.06. The number of amides is 1. The van der Waals surface area contributed by atoms with Gasteiger partial charge in [0.15, 0.2) is 6.10 Å². The zero-order chi connectivity index (χ0) is 17.6. The van der Waals surface area contributed by atoms with E-state index in [1.54, 1.807) is 6.92 Å². The first-order valence-electron chi connectivity index (χ1n) is 8.98. The van der Waals surface area contributed by atoms with E-state index < -0.39 is 6.10 Å². The standard InChI is InChI=1S/C21H25NO3/c1-3-24-18-11-7-10-17(14-18)22-21(23)15(2)25-20-13-6-9-16-8-4-5-12-19(16)20/h6-7,9-11,13-15H,3-5,8,12H2,1-2H3,(H,22,23)/t15-/m0/s1. The third-order valence-corrected chi connectivity index (χ3v) is 4.44. The van der Waals surface area contributed by atoms with Crippen LogP contribution >= 0.6 is 0 Å². The minimum Gasteiger partial charge on any atom is -0.494 e. The molecule has 0 fully saturated rings. The van der Waals surface area contributed by atoms with Crippen LogP contribution in [0.5, 0.6) is 11.5 Å². The third kappa shape index (κ3) is 4.32. The maximum Gasteiger partial charge on any atom is 0.265 e. The Morgan fingerprint density at radius 1 is 1.16 bits per heavy atom. The normalized spacial score (nSPS) is 14.3. The third-order valence-electron chi connectivity index (χ3n) is 4.44. The van der Waals surface area contributed by atoms with E-state index >= 15 is 0 Å². The maximum absolute atomic E-state index is 12.5. The Balaban J connectivity index is 1.66. The smallest absolute Gasteiger partial charge is 0.265 e. The Hall–Kier alpha value is -2.49. The van der Waals surface area contributed by atoms with Gasteiger partial charge >= 0.3 is 0 Å². The minimum atomic E-state index is -0.566. The van der Waals surface area contributed by atoms with Gasteiger partial charge in [-0.2, -0.15) is 0 Å². The predicted octanol–water partition coefficient (Wildman–Crippen LogP) is 4.37. The largest absolute Gasteiger partial charge is 0.494 e. The average molecular weight is 339 g/mol. The molecule has 0 aromatic heterocycles. The molecule has 0 unspecified atom stereocenters. The van der Waals surface area contributed by atoms with Crippen molar-refractivity contribution in [3.05, 3.63) is 53.6 Å². The highest BCUT2D eigenvalue weighted by Gasteiger charge is 2.19. The van der Waals surface area contributed by atoms with Crippen molar-refractivity contribution in [2.75, 3.05) is 11.9 Å². The second-order valence-electron chi connectivity index (χ2n) is 6.31. The van der Waals surface area contributed by atoms with Crippen LogP contribution in [0.3, 0.4) is 0 Å². The van der Waals surface area contributed by atoms with Crippen LogP contribution in [0.1, 0.15) is 37.8 Å².